The molecule has 6 heteroatoms. The van der Waals surface area contributed by atoms with Crippen molar-refractivity contribution in [1.82, 2.24) is 0 Å². The van der Waals surface area contributed by atoms with Gasteiger partial charge in [0, 0.05) is 0 Å². The second-order valence-corrected chi connectivity index (χ2v) is 4.91. The van der Waals surface area contributed by atoms with Gasteiger partial charge in [-0.15, -0.1) is 0 Å². The fourth-order valence-electron chi connectivity index (χ4n) is 0.500. The first-order valence-corrected chi connectivity index (χ1v) is 4.65. The molecular weight excluding hydrogens is 222 g/mol. The maximum absolute atomic E-state index is 10.9. The highest BCUT2D eigenvalue weighted by molar-refractivity contribution is 9.14. The monoisotopic (exact) mass is 225 g/mol. The molecule has 0 aliphatic carbocycles. The highest BCUT2D eigenvalue weighted by Gasteiger charge is 2.26. The van der Waals surface area contributed by atoms with Gasteiger partial charge in [-0.1, -0.05) is 0 Å². The lowest BCUT2D eigenvalue weighted by Gasteiger charge is -1.93. The van der Waals surface area contributed by atoms with E-state index in [-0.39, 0.29) is 8.86 Å². The zero-order valence-electron chi connectivity index (χ0n) is 4.78. The van der Waals surface area contributed by atoms with Gasteiger partial charge >= 0.3 is 0 Å². The van der Waals surface area contributed by atoms with E-state index in [4.69, 9.17) is 5.11 Å². The molecule has 0 aromatic heterocycles. The summed E-state index contributed by atoms with van der Waals surface area (Å²) in [5.74, 6) is 0. The molecule has 1 heterocycles. The first kappa shape index (κ1) is 7.90. The van der Waals surface area contributed by atoms with Gasteiger partial charge in [-0.05, 0) is 15.9 Å². The maximum Gasteiger partial charge on any atom is 0.230 e. The van der Waals surface area contributed by atoms with E-state index in [0.717, 1.165) is 6.20 Å². The fourth-order valence-corrected chi connectivity index (χ4v) is 1.94. The van der Waals surface area contributed by atoms with Crippen LogP contribution < -0.4 is 0 Å². The zero-order valence-corrected chi connectivity index (χ0v) is 7.18. The van der Waals surface area contributed by atoms with E-state index in [0.29, 0.717) is 0 Å². The lowest BCUT2D eigenvalue weighted by Crippen LogP contribution is -2.14. The Balaban J connectivity index is 3.14. The number of aliphatic hydroxyl groups is 1. The Kier molecular flexibility index (Phi) is 1.93. The van der Waals surface area contributed by atoms with Crippen LogP contribution in [0.1, 0.15) is 0 Å². The van der Waals surface area contributed by atoms with Crippen LogP contribution in [0.2, 0.25) is 0 Å². The Bertz CT molecular complexity index is 302. The second kappa shape index (κ2) is 2.44. The highest BCUT2D eigenvalue weighted by atomic mass is 79.9. The number of hydrogen-bond acceptors (Lipinski definition) is 4. The summed E-state index contributed by atoms with van der Waals surface area (Å²) in [6, 6.07) is 0. The van der Waals surface area contributed by atoms with E-state index in [1.54, 1.807) is 0 Å². The molecule has 0 aromatic carbocycles. The van der Waals surface area contributed by atoms with Gasteiger partial charge in [-0.25, -0.2) is 13.4 Å². The molecule has 0 radical (unpaired) electrons. The van der Waals surface area contributed by atoms with Crippen molar-refractivity contribution < 1.29 is 13.5 Å². The second-order valence-electron chi connectivity index (χ2n) is 1.62. The van der Waals surface area contributed by atoms with Gasteiger partial charge in [0.1, 0.15) is 3.81 Å². The third-order valence-electron chi connectivity index (χ3n) is 1.01. The van der Waals surface area contributed by atoms with Crippen LogP contribution >= 0.6 is 15.9 Å². The maximum atomic E-state index is 10.9. The smallest absolute Gasteiger partial charge is 0.230 e. The Labute approximate surface area is 66.3 Å². The van der Waals surface area contributed by atoms with Crippen LogP contribution in [0.4, 0.5) is 0 Å². The molecule has 0 amide bonds. The molecule has 1 rings (SSSR count). The molecule has 0 fully saturated rings. The number of hydrogen-bond donors (Lipinski definition) is 1. The average Bonchev–Trinajstić information content (AvgIpc) is 2.10. The van der Waals surface area contributed by atoms with Crippen LogP contribution in [-0.2, 0) is 9.84 Å². The summed E-state index contributed by atoms with van der Waals surface area (Å²) in [5, 5.41) is 8.25. The molecule has 4 nitrogen and oxygen atoms in total. The SMILES string of the molecule is O=S1(=O)C(Br)=CN=C1CO. The van der Waals surface area contributed by atoms with Crippen molar-refractivity contribution in [2.75, 3.05) is 6.61 Å². The van der Waals surface area contributed by atoms with Gasteiger partial charge in [0.05, 0.1) is 12.8 Å². The Morgan fingerprint density at radius 3 is 2.50 bits per heavy atom. The number of rotatable bonds is 1. The minimum Gasteiger partial charge on any atom is -0.389 e. The summed E-state index contributed by atoms with van der Waals surface area (Å²) >= 11 is 2.79. The molecule has 10 heavy (non-hydrogen) atoms. The fraction of sp³-hybridized carbons (Fsp3) is 0.250. The average molecular weight is 226 g/mol. The van der Waals surface area contributed by atoms with Crippen molar-refractivity contribution in [3.05, 3.63) is 10.0 Å². The lowest BCUT2D eigenvalue weighted by atomic mass is 10.8. The standard InChI is InChI=1S/C4H4BrNO3S/c5-3-1-6-4(2-7)10(3,8)9/h1,7H,2H2. The first-order chi connectivity index (χ1) is 4.59. The predicted octanol–water partition coefficient (Wildman–Crippen LogP) is -0.000600. The summed E-state index contributed by atoms with van der Waals surface area (Å²) in [6.45, 7) is -0.548. The van der Waals surface area contributed by atoms with E-state index in [1.807, 2.05) is 0 Å². The third kappa shape index (κ3) is 1.02. The summed E-state index contributed by atoms with van der Waals surface area (Å²) in [5.41, 5.74) is 0. The van der Waals surface area contributed by atoms with Crippen molar-refractivity contribution >= 4 is 30.8 Å². The van der Waals surface area contributed by atoms with E-state index in [9.17, 15) is 8.42 Å². The van der Waals surface area contributed by atoms with Gasteiger partial charge in [-0.2, -0.15) is 0 Å². The van der Waals surface area contributed by atoms with E-state index < -0.39 is 16.4 Å². The van der Waals surface area contributed by atoms with Crippen LogP contribution in [0, 0.1) is 0 Å². The van der Waals surface area contributed by atoms with Gasteiger partial charge in [-0.3, -0.25) is 0 Å². The molecule has 0 saturated heterocycles. The Morgan fingerprint density at radius 2 is 2.30 bits per heavy atom. The first-order valence-electron chi connectivity index (χ1n) is 2.37. The van der Waals surface area contributed by atoms with E-state index in [1.165, 1.54) is 0 Å². The summed E-state index contributed by atoms with van der Waals surface area (Å²) in [7, 11) is -3.44. The number of nitrogens with zero attached hydrogens (tertiary/aromatic N) is 1. The molecular formula is C4H4BrNO3S. The predicted molar refractivity (Wildman–Crippen MR) is 40.5 cm³/mol. The van der Waals surface area contributed by atoms with Crippen LogP contribution in [-0.4, -0.2) is 25.2 Å². The van der Waals surface area contributed by atoms with Crippen LogP contribution in [0.15, 0.2) is 15.0 Å². The highest BCUT2D eigenvalue weighted by Crippen LogP contribution is 2.21. The van der Waals surface area contributed by atoms with Crippen molar-refractivity contribution in [3.8, 4) is 0 Å². The summed E-state index contributed by atoms with van der Waals surface area (Å²) in [4.78, 5) is 3.46. The van der Waals surface area contributed by atoms with Crippen molar-refractivity contribution in [2.45, 2.75) is 0 Å². The Morgan fingerprint density at radius 1 is 1.70 bits per heavy atom. The van der Waals surface area contributed by atoms with Crippen LogP contribution in [0.3, 0.4) is 0 Å². The minimum absolute atomic E-state index is 0.00375. The van der Waals surface area contributed by atoms with Gasteiger partial charge < -0.3 is 5.11 Å². The van der Waals surface area contributed by atoms with Crippen molar-refractivity contribution in [1.29, 1.82) is 0 Å². The van der Waals surface area contributed by atoms with Gasteiger partial charge in [0.15, 0.2) is 5.04 Å². The normalized spacial score (nSPS) is 22.2. The van der Waals surface area contributed by atoms with Gasteiger partial charge in [0.25, 0.3) is 0 Å². The van der Waals surface area contributed by atoms with Crippen LogP contribution in [0.25, 0.3) is 0 Å². The van der Waals surface area contributed by atoms with E-state index >= 15 is 0 Å². The van der Waals surface area contributed by atoms with Crippen LogP contribution in [0.5, 0.6) is 0 Å². The topological polar surface area (TPSA) is 66.7 Å². The number of halogens is 1. The molecule has 0 bridgehead atoms. The molecule has 1 N–H and O–H groups in total. The molecule has 0 aromatic rings. The third-order valence-corrected chi connectivity index (χ3v) is 3.97. The minimum atomic E-state index is -3.44. The summed E-state index contributed by atoms with van der Waals surface area (Å²) in [6.07, 6.45) is 1.15. The zero-order chi connectivity index (χ0) is 7.78. The molecule has 0 unspecified atom stereocenters. The molecule has 0 spiro atoms. The van der Waals surface area contributed by atoms with Crippen molar-refractivity contribution in [2.24, 2.45) is 4.99 Å². The molecule has 1 aliphatic heterocycles. The number of aliphatic hydroxyl groups excluding tert-OH is 1. The number of aliphatic imine (C=N–C) groups is 1. The largest absolute Gasteiger partial charge is 0.389 e. The molecule has 0 atom stereocenters. The summed E-state index contributed by atoms with van der Waals surface area (Å²) < 4.78 is 21.8. The molecule has 0 saturated carbocycles. The Hall–Kier alpha value is -0.200. The van der Waals surface area contributed by atoms with Gasteiger partial charge in [0.2, 0.25) is 9.84 Å². The molecule has 1 aliphatic rings. The van der Waals surface area contributed by atoms with E-state index in [2.05, 4.69) is 20.9 Å². The molecule has 56 valence electrons. The number of sulfone groups is 1. The quantitative estimate of drug-likeness (QED) is 0.684. The lowest BCUT2D eigenvalue weighted by molar-refractivity contribution is 0.359. The van der Waals surface area contributed by atoms with Crippen molar-refractivity contribution in [3.63, 3.8) is 0 Å².